The molecule has 2 atom stereocenters. The summed E-state index contributed by atoms with van der Waals surface area (Å²) in [6.45, 7) is 1.67. The Morgan fingerprint density at radius 1 is 1.43 bits per heavy atom. The van der Waals surface area contributed by atoms with Crippen LogP contribution in [0.15, 0.2) is 24.3 Å². The van der Waals surface area contributed by atoms with Crippen LogP contribution in [0.3, 0.4) is 0 Å². The van der Waals surface area contributed by atoms with Crippen LogP contribution in [0.25, 0.3) is 0 Å². The summed E-state index contributed by atoms with van der Waals surface area (Å²) < 4.78 is 23.4. The number of aryl methyl sites for hydroxylation is 1. The molecule has 1 saturated heterocycles. The zero-order valence-electron chi connectivity index (χ0n) is 13.0. The van der Waals surface area contributed by atoms with E-state index in [0.29, 0.717) is 11.5 Å². The van der Waals surface area contributed by atoms with Gasteiger partial charge in [0.25, 0.3) is 0 Å². The van der Waals surface area contributed by atoms with Gasteiger partial charge in [-0.05, 0) is 37.7 Å². The Labute approximate surface area is 142 Å². The summed E-state index contributed by atoms with van der Waals surface area (Å²) in [5.41, 5.74) is 1.92. The molecule has 0 spiro atoms. The van der Waals surface area contributed by atoms with E-state index in [9.17, 15) is 13.5 Å². The minimum absolute atomic E-state index is 0.0147. The molecule has 0 bridgehead atoms. The summed E-state index contributed by atoms with van der Waals surface area (Å²) in [7, 11) is -3.07. The van der Waals surface area contributed by atoms with Gasteiger partial charge in [0.05, 0.1) is 24.2 Å². The van der Waals surface area contributed by atoms with Gasteiger partial charge in [-0.2, -0.15) is 0 Å². The van der Waals surface area contributed by atoms with Gasteiger partial charge in [0.2, 0.25) is 0 Å². The van der Waals surface area contributed by atoms with Gasteiger partial charge >= 0.3 is 0 Å². The third-order valence-electron chi connectivity index (χ3n) is 3.83. The quantitative estimate of drug-likeness (QED) is 0.662. The van der Waals surface area contributed by atoms with E-state index in [4.69, 9.17) is 17.3 Å². The Bertz CT molecular complexity index is 646. The van der Waals surface area contributed by atoms with E-state index < -0.39 is 22.5 Å². The second kappa shape index (κ2) is 7.57. The third kappa shape index (κ3) is 5.13. The van der Waals surface area contributed by atoms with E-state index in [1.807, 2.05) is 31.2 Å². The maximum atomic E-state index is 11.7. The van der Waals surface area contributed by atoms with E-state index in [-0.39, 0.29) is 24.1 Å². The fraction of sp³-hybridized carbons (Fsp3) is 0.533. The first-order chi connectivity index (χ1) is 10.8. The summed E-state index contributed by atoms with van der Waals surface area (Å²) in [6.07, 6.45) is -0.507. The first-order valence-electron chi connectivity index (χ1n) is 7.44. The van der Waals surface area contributed by atoms with Gasteiger partial charge in [0, 0.05) is 18.3 Å². The van der Waals surface area contributed by atoms with Crippen molar-refractivity contribution in [2.24, 2.45) is 0 Å². The second-order valence-corrected chi connectivity index (χ2v) is 8.46. The van der Waals surface area contributed by atoms with Crippen LogP contribution in [-0.4, -0.2) is 65.4 Å². The van der Waals surface area contributed by atoms with Gasteiger partial charge in [-0.25, -0.2) is 8.42 Å². The van der Waals surface area contributed by atoms with E-state index >= 15 is 0 Å². The lowest BCUT2D eigenvalue weighted by molar-refractivity contribution is 0.0705. The molecule has 1 aromatic rings. The van der Waals surface area contributed by atoms with Crippen molar-refractivity contribution >= 4 is 32.9 Å². The fourth-order valence-electron chi connectivity index (χ4n) is 2.54. The molecule has 1 heterocycles. The lowest BCUT2D eigenvalue weighted by atomic mass is 10.2. The molecular weight excluding hydrogens is 336 g/mol. The molecule has 1 aromatic carbocycles. The lowest BCUT2D eigenvalue weighted by Gasteiger charge is -2.32. The molecule has 0 saturated carbocycles. The fourth-order valence-corrected chi connectivity index (χ4v) is 4.61. The molecule has 6 nitrogen and oxygen atoms in total. The molecule has 0 aliphatic carbocycles. The highest BCUT2D eigenvalue weighted by Crippen LogP contribution is 2.20. The number of nitrogens with one attached hydrogen (secondary N) is 1. The molecule has 2 rings (SSSR count). The van der Waals surface area contributed by atoms with Crippen molar-refractivity contribution in [1.29, 1.82) is 0 Å². The smallest absolute Gasteiger partial charge is 0.173 e. The van der Waals surface area contributed by atoms with Crippen molar-refractivity contribution in [3.05, 3.63) is 29.8 Å². The second-order valence-electron chi connectivity index (χ2n) is 5.84. The molecule has 23 heavy (non-hydrogen) atoms. The van der Waals surface area contributed by atoms with Crippen LogP contribution >= 0.6 is 12.2 Å². The molecule has 1 fully saturated rings. The number of aliphatic hydroxyl groups is 2. The van der Waals surface area contributed by atoms with Crippen molar-refractivity contribution in [3.63, 3.8) is 0 Å². The average Bonchev–Trinajstić information content (AvgIpc) is 2.86. The SMILES string of the molecule is Cc1ccc(NC(=S)N(C[C@@H](O)CO)[C@H]2CCS(=O)(=O)C2)cc1. The van der Waals surface area contributed by atoms with Crippen LogP contribution in [0.5, 0.6) is 0 Å². The predicted molar refractivity (Wildman–Crippen MR) is 94.3 cm³/mol. The summed E-state index contributed by atoms with van der Waals surface area (Å²) in [6, 6.07) is 7.36. The molecule has 0 radical (unpaired) electrons. The van der Waals surface area contributed by atoms with Gasteiger partial charge < -0.3 is 20.4 Å². The van der Waals surface area contributed by atoms with Crippen molar-refractivity contribution in [2.75, 3.05) is 30.0 Å². The van der Waals surface area contributed by atoms with Crippen molar-refractivity contribution in [3.8, 4) is 0 Å². The molecule has 0 unspecified atom stereocenters. The number of anilines is 1. The molecule has 3 N–H and O–H groups in total. The minimum atomic E-state index is -3.07. The van der Waals surface area contributed by atoms with Crippen molar-refractivity contribution < 1.29 is 18.6 Å². The number of thiocarbonyl (C=S) groups is 1. The van der Waals surface area contributed by atoms with Crippen LogP contribution in [0, 0.1) is 6.92 Å². The van der Waals surface area contributed by atoms with Gasteiger partial charge in [-0.15, -0.1) is 0 Å². The van der Waals surface area contributed by atoms with Gasteiger partial charge in [0.1, 0.15) is 0 Å². The van der Waals surface area contributed by atoms with Gasteiger partial charge in [0.15, 0.2) is 14.9 Å². The highest BCUT2D eigenvalue weighted by Gasteiger charge is 2.34. The Hall–Kier alpha value is -1.22. The molecule has 1 aliphatic rings. The van der Waals surface area contributed by atoms with E-state index in [1.54, 1.807) is 4.90 Å². The molecule has 0 aromatic heterocycles. The van der Waals surface area contributed by atoms with Crippen LogP contribution in [-0.2, 0) is 9.84 Å². The Morgan fingerprint density at radius 3 is 2.61 bits per heavy atom. The van der Waals surface area contributed by atoms with Crippen LogP contribution < -0.4 is 5.32 Å². The number of sulfone groups is 1. The Morgan fingerprint density at radius 2 is 2.09 bits per heavy atom. The van der Waals surface area contributed by atoms with E-state index in [2.05, 4.69) is 5.32 Å². The van der Waals surface area contributed by atoms with Crippen molar-refractivity contribution in [1.82, 2.24) is 4.90 Å². The highest BCUT2D eigenvalue weighted by atomic mass is 32.2. The maximum Gasteiger partial charge on any atom is 0.173 e. The molecule has 8 heteroatoms. The topological polar surface area (TPSA) is 89.9 Å². The van der Waals surface area contributed by atoms with Gasteiger partial charge in [-0.3, -0.25) is 0 Å². The van der Waals surface area contributed by atoms with Crippen LogP contribution in [0.1, 0.15) is 12.0 Å². The number of nitrogens with zero attached hydrogens (tertiary/aromatic N) is 1. The lowest BCUT2D eigenvalue weighted by Crippen LogP contribution is -2.47. The van der Waals surface area contributed by atoms with Crippen molar-refractivity contribution in [2.45, 2.75) is 25.5 Å². The number of benzene rings is 1. The standard InChI is InChI=1S/C15H22N2O4S2/c1-11-2-4-12(5-3-11)16-15(22)17(8-14(19)9-18)13-6-7-23(20,21)10-13/h2-5,13-14,18-19H,6-10H2,1H3,(H,16,22)/t13-,14+/m0/s1. The van der Waals surface area contributed by atoms with E-state index in [0.717, 1.165) is 11.3 Å². The Kier molecular flexibility index (Phi) is 5.96. The summed E-state index contributed by atoms with van der Waals surface area (Å²) in [5, 5.41) is 22.2. The number of hydrogen-bond acceptors (Lipinski definition) is 5. The maximum absolute atomic E-state index is 11.7. The number of aliphatic hydroxyl groups excluding tert-OH is 2. The minimum Gasteiger partial charge on any atom is -0.394 e. The summed E-state index contributed by atoms with van der Waals surface area (Å²) in [5.74, 6) is 0.136. The number of hydrogen-bond donors (Lipinski definition) is 3. The molecule has 1 aliphatic heterocycles. The first-order valence-corrected chi connectivity index (χ1v) is 9.67. The summed E-state index contributed by atoms with van der Waals surface area (Å²) >= 11 is 5.40. The van der Waals surface area contributed by atoms with Gasteiger partial charge in [-0.1, -0.05) is 17.7 Å². The van der Waals surface area contributed by atoms with Crippen LogP contribution in [0.2, 0.25) is 0 Å². The first kappa shape index (κ1) is 18.1. The summed E-state index contributed by atoms with van der Waals surface area (Å²) in [4.78, 5) is 1.67. The zero-order chi connectivity index (χ0) is 17.0. The zero-order valence-corrected chi connectivity index (χ0v) is 14.6. The third-order valence-corrected chi connectivity index (χ3v) is 5.92. The largest absolute Gasteiger partial charge is 0.394 e. The van der Waals surface area contributed by atoms with Crippen LogP contribution in [0.4, 0.5) is 5.69 Å². The van der Waals surface area contributed by atoms with E-state index in [1.165, 1.54) is 0 Å². The number of rotatable bonds is 5. The Balaban J connectivity index is 2.12. The predicted octanol–water partition coefficient (Wildman–Crippen LogP) is 0.534. The molecular formula is C15H22N2O4S2. The average molecular weight is 358 g/mol. The molecule has 0 amide bonds. The normalized spacial score (nSPS) is 20.9. The highest BCUT2D eigenvalue weighted by molar-refractivity contribution is 7.91. The monoisotopic (exact) mass is 358 g/mol. The molecule has 128 valence electrons.